The molecule has 1 unspecified atom stereocenters. The Morgan fingerprint density at radius 2 is 2.33 bits per heavy atom. The quantitative estimate of drug-likeness (QED) is 0.568. The second-order valence-electron chi connectivity index (χ2n) is 4.17. The third-order valence-corrected chi connectivity index (χ3v) is 2.54. The summed E-state index contributed by atoms with van der Waals surface area (Å²) >= 11 is 0. The van der Waals surface area contributed by atoms with E-state index in [-0.39, 0.29) is 11.6 Å². The molecule has 1 rings (SSSR count). The lowest BCUT2D eigenvalue weighted by Gasteiger charge is -2.28. The molecule has 0 fully saturated rings. The Morgan fingerprint density at radius 1 is 1.60 bits per heavy atom. The number of nitrogens with two attached hydrogens (primary N) is 1. The van der Waals surface area contributed by atoms with Crippen LogP contribution in [-0.2, 0) is 4.74 Å². The smallest absolute Gasteiger partial charge is 0.0641 e. The van der Waals surface area contributed by atoms with Crippen LogP contribution in [0.15, 0.2) is 24.5 Å². The Kier molecular flexibility index (Phi) is 4.20. The zero-order valence-electron chi connectivity index (χ0n) is 9.53. The molecular weight excluding hydrogens is 190 g/mol. The van der Waals surface area contributed by atoms with Crippen LogP contribution < -0.4 is 11.3 Å². The fourth-order valence-corrected chi connectivity index (χ4v) is 1.43. The number of hydrazine groups is 1. The molecular formula is C11H19N3O. The van der Waals surface area contributed by atoms with Gasteiger partial charge in [0.05, 0.1) is 11.6 Å². The molecule has 1 atom stereocenters. The van der Waals surface area contributed by atoms with E-state index in [1.165, 1.54) is 0 Å². The van der Waals surface area contributed by atoms with Crippen molar-refractivity contribution in [3.8, 4) is 0 Å². The zero-order valence-corrected chi connectivity index (χ0v) is 9.53. The van der Waals surface area contributed by atoms with Gasteiger partial charge < -0.3 is 4.74 Å². The van der Waals surface area contributed by atoms with Crippen LogP contribution in [0.4, 0.5) is 0 Å². The van der Waals surface area contributed by atoms with Crippen molar-refractivity contribution in [1.29, 1.82) is 0 Å². The SMILES string of the molecule is COC(C)(C)CC(NN)c1cccnc1. The maximum Gasteiger partial charge on any atom is 0.0641 e. The first-order valence-electron chi connectivity index (χ1n) is 5.00. The number of ether oxygens (including phenoxy) is 1. The molecule has 15 heavy (non-hydrogen) atoms. The van der Waals surface area contributed by atoms with Crippen LogP contribution in [0, 0.1) is 0 Å². The molecule has 0 aromatic carbocycles. The van der Waals surface area contributed by atoms with Gasteiger partial charge in [0.15, 0.2) is 0 Å². The molecule has 0 aliphatic carbocycles. The van der Waals surface area contributed by atoms with Gasteiger partial charge in [-0.05, 0) is 31.9 Å². The molecule has 1 heterocycles. The van der Waals surface area contributed by atoms with Crippen molar-refractivity contribution >= 4 is 0 Å². The summed E-state index contributed by atoms with van der Waals surface area (Å²) in [6.07, 6.45) is 4.36. The fourth-order valence-electron chi connectivity index (χ4n) is 1.43. The van der Waals surface area contributed by atoms with Crippen molar-refractivity contribution in [1.82, 2.24) is 10.4 Å². The van der Waals surface area contributed by atoms with Crippen LogP contribution in [0.3, 0.4) is 0 Å². The molecule has 1 aromatic rings. The summed E-state index contributed by atoms with van der Waals surface area (Å²) in [5.41, 5.74) is 3.66. The number of nitrogens with one attached hydrogen (secondary N) is 1. The Balaban J connectivity index is 2.73. The Labute approximate surface area is 90.8 Å². The highest BCUT2D eigenvalue weighted by molar-refractivity contribution is 5.14. The van der Waals surface area contributed by atoms with E-state index in [1.54, 1.807) is 13.3 Å². The summed E-state index contributed by atoms with van der Waals surface area (Å²) in [6, 6.07) is 3.97. The third kappa shape index (κ3) is 3.58. The van der Waals surface area contributed by atoms with E-state index in [9.17, 15) is 0 Å². The first kappa shape index (κ1) is 12.1. The van der Waals surface area contributed by atoms with E-state index in [0.29, 0.717) is 0 Å². The first-order valence-corrected chi connectivity index (χ1v) is 5.00. The van der Waals surface area contributed by atoms with Crippen LogP contribution in [0.2, 0.25) is 0 Å². The Bertz CT molecular complexity index is 287. The van der Waals surface area contributed by atoms with Gasteiger partial charge in [-0.25, -0.2) is 0 Å². The fraction of sp³-hybridized carbons (Fsp3) is 0.545. The number of pyridine rings is 1. The third-order valence-electron chi connectivity index (χ3n) is 2.54. The molecule has 0 aliphatic rings. The number of hydrogen-bond acceptors (Lipinski definition) is 4. The minimum absolute atomic E-state index is 0.0636. The molecule has 1 aromatic heterocycles. The van der Waals surface area contributed by atoms with Gasteiger partial charge in [-0.2, -0.15) is 0 Å². The molecule has 84 valence electrons. The zero-order chi connectivity index (χ0) is 11.3. The number of aromatic nitrogens is 1. The highest BCUT2D eigenvalue weighted by Gasteiger charge is 2.23. The number of hydrogen-bond donors (Lipinski definition) is 2. The monoisotopic (exact) mass is 209 g/mol. The van der Waals surface area contributed by atoms with Gasteiger partial charge in [-0.3, -0.25) is 16.3 Å². The van der Waals surface area contributed by atoms with Gasteiger partial charge in [-0.1, -0.05) is 6.07 Å². The minimum Gasteiger partial charge on any atom is -0.379 e. The van der Waals surface area contributed by atoms with E-state index in [1.807, 2.05) is 32.2 Å². The topological polar surface area (TPSA) is 60.2 Å². The van der Waals surface area contributed by atoms with Crippen LogP contribution in [-0.4, -0.2) is 17.7 Å². The van der Waals surface area contributed by atoms with Crippen molar-refractivity contribution in [2.24, 2.45) is 5.84 Å². The molecule has 0 saturated heterocycles. The predicted molar refractivity (Wildman–Crippen MR) is 60.0 cm³/mol. The maximum absolute atomic E-state index is 5.53. The van der Waals surface area contributed by atoms with E-state index >= 15 is 0 Å². The molecule has 4 heteroatoms. The standard InChI is InChI=1S/C11H19N3O/c1-11(2,15-3)7-10(14-12)9-5-4-6-13-8-9/h4-6,8,10,14H,7,12H2,1-3H3. The molecule has 0 amide bonds. The Hall–Kier alpha value is -0.970. The Morgan fingerprint density at radius 3 is 2.80 bits per heavy atom. The van der Waals surface area contributed by atoms with Crippen LogP contribution in [0.1, 0.15) is 31.9 Å². The number of methoxy groups -OCH3 is 1. The van der Waals surface area contributed by atoms with Gasteiger partial charge in [-0.15, -0.1) is 0 Å². The van der Waals surface area contributed by atoms with Gasteiger partial charge in [0.25, 0.3) is 0 Å². The summed E-state index contributed by atoms with van der Waals surface area (Å²) in [4.78, 5) is 4.07. The van der Waals surface area contributed by atoms with Gasteiger partial charge in [0.2, 0.25) is 0 Å². The van der Waals surface area contributed by atoms with Gasteiger partial charge in [0, 0.05) is 19.5 Å². The van der Waals surface area contributed by atoms with Crippen molar-refractivity contribution < 1.29 is 4.74 Å². The first-order chi connectivity index (χ1) is 7.09. The van der Waals surface area contributed by atoms with E-state index in [4.69, 9.17) is 10.6 Å². The summed E-state index contributed by atoms with van der Waals surface area (Å²) in [7, 11) is 1.71. The van der Waals surface area contributed by atoms with E-state index in [0.717, 1.165) is 12.0 Å². The van der Waals surface area contributed by atoms with E-state index in [2.05, 4.69) is 10.4 Å². The second-order valence-corrected chi connectivity index (χ2v) is 4.17. The highest BCUT2D eigenvalue weighted by Crippen LogP contribution is 2.24. The largest absolute Gasteiger partial charge is 0.379 e. The second kappa shape index (κ2) is 5.21. The van der Waals surface area contributed by atoms with Crippen molar-refractivity contribution in [2.75, 3.05) is 7.11 Å². The van der Waals surface area contributed by atoms with Crippen LogP contribution in [0.25, 0.3) is 0 Å². The van der Waals surface area contributed by atoms with Gasteiger partial charge in [0.1, 0.15) is 0 Å². The maximum atomic E-state index is 5.53. The summed E-state index contributed by atoms with van der Waals surface area (Å²) in [5.74, 6) is 5.53. The molecule has 0 saturated carbocycles. The summed E-state index contributed by atoms with van der Waals surface area (Å²) in [5, 5.41) is 0. The van der Waals surface area contributed by atoms with Crippen molar-refractivity contribution in [3.63, 3.8) is 0 Å². The van der Waals surface area contributed by atoms with Gasteiger partial charge >= 0.3 is 0 Å². The van der Waals surface area contributed by atoms with Crippen LogP contribution >= 0.6 is 0 Å². The summed E-state index contributed by atoms with van der Waals surface area (Å²) < 4.78 is 5.38. The molecule has 0 spiro atoms. The minimum atomic E-state index is -0.202. The molecule has 0 radical (unpaired) electrons. The molecule has 3 N–H and O–H groups in total. The van der Waals surface area contributed by atoms with Crippen molar-refractivity contribution in [2.45, 2.75) is 31.9 Å². The molecule has 0 aliphatic heterocycles. The number of rotatable bonds is 5. The van der Waals surface area contributed by atoms with E-state index < -0.39 is 0 Å². The average molecular weight is 209 g/mol. The van der Waals surface area contributed by atoms with Crippen molar-refractivity contribution in [3.05, 3.63) is 30.1 Å². The average Bonchev–Trinajstić information content (AvgIpc) is 2.27. The lowest BCUT2D eigenvalue weighted by Crippen LogP contribution is -2.35. The normalized spacial score (nSPS) is 13.9. The molecule has 4 nitrogen and oxygen atoms in total. The lowest BCUT2D eigenvalue weighted by atomic mass is 9.95. The lowest BCUT2D eigenvalue weighted by molar-refractivity contribution is 0.00679. The summed E-state index contributed by atoms with van der Waals surface area (Å²) in [6.45, 7) is 4.07. The predicted octanol–water partition coefficient (Wildman–Crippen LogP) is 1.40. The molecule has 0 bridgehead atoms. The van der Waals surface area contributed by atoms with Crippen LogP contribution in [0.5, 0.6) is 0 Å². The highest BCUT2D eigenvalue weighted by atomic mass is 16.5. The number of nitrogens with zero attached hydrogens (tertiary/aromatic N) is 1.